The summed E-state index contributed by atoms with van der Waals surface area (Å²) in [4.78, 5) is 91.0. The van der Waals surface area contributed by atoms with Crippen LogP contribution in [0.2, 0.25) is 0 Å². The van der Waals surface area contributed by atoms with Gasteiger partial charge in [-0.3, -0.25) is 33.6 Å². The van der Waals surface area contributed by atoms with Gasteiger partial charge >= 0.3 is 35.8 Å². The minimum Gasteiger partial charge on any atom is -0.463 e. The lowest BCUT2D eigenvalue weighted by Crippen LogP contribution is -2.66. The van der Waals surface area contributed by atoms with Gasteiger partial charge in [0.15, 0.2) is 18.0 Å². The molecular formula is C46H66O14. The molecule has 6 rings (SSSR count). The lowest BCUT2D eigenvalue weighted by molar-refractivity contribution is -0.303. The molecule has 0 N–H and O–H groups in total. The molecule has 0 bridgehead atoms. The van der Waals surface area contributed by atoms with Crippen LogP contribution in [0.4, 0.5) is 0 Å². The first-order chi connectivity index (χ1) is 27.8. The highest BCUT2D eigenvalue weighted by atomic mass is 16.7. The highest BCUT2D eigenvalue weighted by Gasteiger charge is 2.71. The van der Waals surface area contributed by atoms with Crippen molar-refractivity contribution in [3.63, 3.8) is 0 Å². The average molecular weight is 843 g/mol. The Morgan fingerprint density at radius 1 is 0.650 bits per heavy atom. The van der Waals surface area contributed by atoms with Gasteiger partial charge in [0, 0.05) is 46.5 Å². The Kier molecular flexibility index (Phi) is 12.3. The first kappa shape index (κ1) is 45.7. The Labute approximate surface area is 353 Å². The first-order valence-corrected chi connectivity index (χ1v) is 21.8. The van der Waals surface area contributed by atoms with Gasteiger partial charge in [0.2, 0.25) is 12.4 Å². The van der Waals surface area contributed by atoms with Crippen LogP contribution in [0, 0.1) is 50.7 Å². The molecule has 1 saturated heterocycles. The van der Waals surface area contributed by atoms with Crippen LogP contribution in [0.1, 0.15) is 141 Å². The zero-order valence-corrected chi connectivity index (χ0v) is 37.6. The van der Waals surface area contributed by atoms with Crippen molar-refractivity contribution in [1.29, 1.82) is 0 Å². The van der Waals surface area contributed by atoms with Crippen molar-refractivity contribution in [1.82, 2.24) is 0 Å². The van der Waals surface area contributed by atoms with Crippen LogP contribution in [0.15, 0.2) is 11.1 Å². The number of carbonyl (C=O) groups excluding carboxylic acids is 7. The molecule has 14 heteroatoms. The lowest BCUT2D eigenvalue weighted by Gasteiger charge is -2.72. The van der Waals surface area contributed by atoms with Crippen molar-refractivity contribution in [3.05, 3.63) is 11.1 Å². The molecule has 14 nitrogen and oxygen atoms in total. The van der Waals surface area contributed by atoms with Gasteiger partial charge in [-0.25, -0.2) is 0 Å². The third-order valence-electron chi connectivity index (χ3n) is 16.2. The van der Waals surface area contributed by atoms with Crippen LogP contribution in [0.3, 0.4) is 0 Å². The summed E-state index contributed by atoms with van der Waals surface area (Å²) in [5.41, 5.74) is -0.476. The summed E-state index contributed by atoms with van der Waals surface area (Å²) in [6.07, 6.45) is -1.37. The van der Waals surface area contributed by atoms with Gasteiger partial charge in [0.05, 0.1) is 5.41 Å². The fourth-order valence-corrected chi connectivity index (χ4v) is 13.8. The topological polar surface area (TPSA) is 184 Å². The molecule has 0 aromatic rings. The maximum absolute atomic E-state index is 15.2. The van der Waals surface area contributed by atoms with E-state index in [9.17, 15) is 28.8 Å². The Hall–Kier alpha value is -3.81. The van der Waals surface area contributed by atoms with Gasteiger partial charge in [-0.05, 0) is 102 Å². The zero-order chi connectivity index (χ0) is 44.5. The van der Waals surface area contributed by atoms with E-state index in [1.165, 1.54) is 13.8 Å². The second-order valence-corrected chi connectivity index (χ2v) is 20.2. The monoisotopic (exact) mass is 842 g/mol. The van der Waals surface area contributed by atoms with Crippen molar-refractivity contribution < 1.29 is 66.7 Å². The van der Waals surface area contributed by atoms with Crippen LogP contribution in [-0.4, -0.2) is 85.0 Å². The summed E-state index contributed by atoms with van der Waals surface area (Å²) in [7, 11) is 0. The molecule has 0 unspecified atom stereocenters. The summed E-state index contributed by atoms with van der Waals surface area (Å²) in [6.45, 7) is 21.3. The van der Waals surface area contributed by atoms with Gasteiger partial charge in [0.25, 0.3) is 0 Å². The van der Waals surface area contributed by atoms with Gasteiger partial charge in [0.1, 0.15) is 18.8 Å². The van der Waals surface area contributed by atoms with Crippen LogP contribution in [-0.2, 0) is 66.7 Å². The molecular weight excluding hydrogens is 776 g/mol. The fourth-order valence-electron chi connectivity index (χ4n) is 13.8. The number of allylic oxidation sites excluding steroid dienone is 1. The maximum atomic E-state index is 15.2. The number of rotatable bonds is 9. The molecule has 5 fully saturated rings. The van der Waals surface area contributed by atoms with Crippen molar-refractivity contribution in [2.75, 3.05) is 6.61 Å². The largest absolute Gasteiger partial charge is 0.463 e. The second-order valence-electron chi connectivity index (χ2n) is 20.2. The van der Waals surface area contributed by atoms with Gasteiger partial charge < -0.3 is 33.2 Å². The molecule has 0 radical (unpaired) electrons. The predicted octanol–water partition coefficient (Wildman–Crippen LogP) is 6.53. The molecule has 60 heavy (non-hydrogen) atoms. The third-order valence-corrected chi connectivity index (χ3v) is 16.2. The van der Waals surface area contributed by atoms with Crippen molar-refractivity contribution in [3.8, 4) is 0 Å². The second kappa shape index (κ2) is 16.1. The number of fused-ring (bicyclic) bond motifs is 7. The Balaban J connectivity index is 1.37. The standard InChI is InChI=1S/C46H66O14/c1-23(2)35-30(52)21-46(41(53)60-40-39(58-28(7)51)38(57-27(6)50)37(56-26(5)49)31(59-40)22-54-24(3)47)20-19-44(11)29(36(35)46)13-14-33-43(10)17-16-34(55-25(4)48)42(8,9)32(43)15-18-45(33,44)12/h23,29,31-34,37-40H,13-22H2,1-12H3/t29-,31-,32+,33-,34+,37-,38+,39-,40+,43+,44-,45-,46-/m1/s1. The van der Waals surface area contributed by atoms with E-state index in [1.54, 1.807) is 0 Å². The predicted molar refractivity (Wildman–Crippen MR) is 213 cm³/mol. The van der Waals surface area contributed by atoms with E-state index in [2.05, 4.69) is 34.6 Å². The number of esters is 6. The van der Waals surface area contributed by atoms with E-state index < -0.39 is 72.6 Å². The number of Topliss-reactive ketones (excluding diaryl/α,β-unsaturated/α-hetero) is 1. The molecule has 1 aliphatic heterocycles. The number of ketones is 1. The van der Waals surface area contributed by atoms with Gasteiger partial charge in [-0.2, -0.15) is 0 Å². The molecule has 13 atom stereocenters. The molecule has 6 aliphatic rings. The smallest absolute Gasteiger partial charge is 0.319 e. The van der Waals surface area contributed by atoms with Gasteiger partial charge in [-0.1, -0.05) is 48.5 Å². The number of ether oxygens (including phenoxy) is 7. The fraction of sp³-hybridized carbons (Fsp3) is 0.804. The third kappa shape index (κ3) is 7.48. The molecule has 0 aromatic heterocycles. The van der Waals surface area contributed by atoms with Gasteiger partial charge in [-0.15, -0.1) is 0 Å². The van der Waals surface area contributed by atoms with Crippen LogP contribution >= 0.6 is 0 Å². The molecule has 0 amide bonds. The molecule has 0 spiro atoms. The molecule has 4 saturated carbocycles. The SMILES string of the molecule is CC(=O)OC[C@H]1O[C@@H](OC(=O)[C@@]23CC[C@]4(C)[C@H](CC[C@@H]5[C@@]6(C)CC[C@H](OC(C)=O)C(C)(C)[C@@H]6CC[C@]54C)C2=C(C(C)C)C(=O)C3)[C@H](OC(C)=O)[C@@H](OC(C)=O)[C@@H]1OC(C)=O. The molecule has 5 aliphatic carbocycles. The van der Waals surface area contributed by atoms with Crippen molar-refractivity contribution in [2.45, 2.75) is 178 Å². The van der Waals surface area contributed by atoms with Crippen molar-refractivity contribution in [2.24, 2.45) is 50.7 Å². The van der Waals surface area contributed by atoms with Crippen LogP contribution in [0.5, 0.6) is 0 Å². The first-order valence-electron chi connectivity index (χ1n) is 21.8. The summed E-state index contributed by atoms with van der Waals surface area (Å²) >= 11 is 0. The average Bonchev–Trinajstić information content (AvgIpc) is 3.44. The van der Waals surface area contributed by atoms with Crippen LogP contribution < -0.4 is 0 Å². The number of hydrogen-bond acceptors (Lipinski definition) is 14. The van der Waals surface area contributed by atoms with Crippen LogP contribution in [0.25, 0.3) is 0 Å². The van der Waals surface area contributed by atoms with E-state index in [4.69, 9.17) is 33.2 Å². The highest BCUT2D eigenvalue weighted by molar-refractivity contribution is 6.06. The molecule has 0 aromatic carbocycles. The summed E-state index contributed by atoms with van der Waals surface area (Å²) in [5.74, 6) is -3.72. The summed E-state index contributed by atoms with van der Waals surface area (Å²) < 4.78 is 40.4. The zero-order valence-electron chi connectivity index (χ0n) is 37.6. The Morgan fingerprint density at radius 3 is 1.83 bits per heavy atom. The van der Waals surface area contributed by atoms with E-state index in [0.717, 1.165) is 64.9 Å². The van der Waals surface area contributed by atoms with E-state index in [1.807, 2.05) is 13.8 Å². The minimum atomic E-state index is -1.70. The molecule has 1 heterocycles. The minimum absolute atomic E-state index is 0.00944. The molecule has 334 valence electrons. The maximum Gasteiger partial charge on any atom is 0.319 e. The van der Waals surface area contributed by atoms with E-state index >= 15 is 4.79 Å². The normalized spacial score (nSPS) is 40.5. The quantitative estimate of drug-likeness (QED) is 0.180. The number of hydrogen-bond donors (Lipinski definition) is 0. The van der Waals surface area contributed by atoms with E-state index in [0.29, 0.717) is 30.3 Å². The Morgan fingerprint density at radius 2 is 1.25 bits per heavy atom. The Bertz CT molecular complexity index is 1830. The summed E-state index contributed by atoms with van der Waals surface area (Å²) in [6, 6.07) is 0. The highest BCUT2D eigenvalue weighted by Crippen LogP contribution is 2.77. The van der Waals surface area contributed by atoms with E-state index in [-0.39, 0.29) is 57.8 Å². The summed E-state index contributed by atoms with van der Waals surface area (Å²) in [5, 5.41) is 0. The lowest BCUT2D eigenvalue weighted by atomic mass is 9.33. The number of carbonyl (C=O) groups is 7. The van der Waals surface area contributed by atoms with Crippen molar-refractivity contribution >= 4 is 41.6 Å².